The first-order chi connectivity index (χ1) is 6.95. The molecule has 0 aromatic heterocycles. The lowest BCUT2D eigenvalue weighted by molar-refractivity contribution is -0.134. The Balaban J connectivity index is 4.49. The highest BCUT2D eigenvalue weighted by atomic mass is 31.2. The van der Waals surface area contributed by atoms with Crippen LogP contribution in [0.2, 0.25) is 0 Å². The highest BCUT2D eigenvalue weighted by Gasteiger charge is 2.22. The molecule has 0 saturated heterocycles. The lowest BCUT2D eigenvalue weighted by Crippen LogP contribution is -2.01. The SMILES string of the molecule is CCOP(=O)(C/C=C(/F)C(=O)O)OCC. The summed E-state index contributed by atoms with van der Waals surface area (Å²) in [4.78, 5) is 10.1. The molecule has 0 unspecified atom stereocenters. The van der Waals surface area contributed by atoms with Gasteiger partial charge < -0.3 is 14.2 Å². The molecule has 0 bridgehead atoms. The molecule has 88 valence electrons. The van der Waals surface area contributed by atoms with Gasteiger partial charge in [0.1, 0.15) is 0 Å². The summed E-state index contributed by atoms with van der Waals surface area (Å²) in [6, 6.07) is 0. The number of hydrogen-bond acceptors (Lipinski definition) is 4. The molecule has 7 heteroatoms. The van der Waals surface area contributed by atoms with Gasteiger partial charge in [-0.1, -0.05) is 0 Å². The van der Waals surface area contributed by atoms with Crippen LogP contribution in [0.3, 0.4) is 0 Å². The van der Waals surface area contributed by atoms with Gasteiger partial charge in [-0.3, -0.25) is 4.57 Å². The van der Waals surface area contributed by atoms with Crippen molar-refractivity contribution in [1.29, 1.82) is 0 Å². The molecule has 15 heavy (non-hydrogen) atoms. The standard InChI is InChI=1S/C8H14FO5P/c1-3-13-15(12,14-4-2)6-5-7(9)8(10)11/h5H,3-4,6H2,1-2H3,(H,10,11)/b7-5+. The molecule has 0 amide bonds. The smallest absolute Gasteiger partial charge is 0.364 e. The van der Waals surface area contributed by atoms with E-state index in [2.05, 4.69) is 0 Å². The molecular formula is C8H14FO5P. The lowest BCUT2D eigenvalue weighted by atomic mass is 10.5. The fourth-order valence-electron chi connectivity index (χ4n) is 0.815. The van der Waals surface area contributed by atoms with Crippen molar-refractivity contribution >= 4 is 13.6 Å². The van der Waals surface area contributed by atoms with Crippen LogP contribution in [0.25, 0.3) is 0 Å². The topological polar surface area (TPSA) is 72.8 Å². The van der Waals surface area contributed by atoms with Crippen LogP contribution in [0.15, 0.2) is 11.9 Å². The van der Waals surface area contributed by atoms with Crippen LogP contribution in [-0.2, 0) is 18.4 Å². The molecule has 0 radical (unpaired) electrons. The average molecular weight is 240 g/mol. The van der Waals surface area contributed by atoms with Crippen LogP contribution in [0, 0.1) is 0 Å². The monoisotopic (exact) mass is 240 g/mol. The molecule has 1 N–H and O–H groups in total. The molecule has 0 aliphatic carbocycles. The van der Waals surface area contributed by atoms with Gasteiger partial charge in [-0.05, 0) is 19.9 Å². The number of rotatable bonds is 7. The van der Waals surface area contributed by atoms with Gasteiger partial charge in [-0.15, -0.1) is 0 Å². The van der Waals surface area contributed by atoms with E-state index in [1.165, 1.54) is 0 Å². The zero-order valence-electron chi connectivity index (χ0n) is 8.60. The Morgan fingerprint density at radius 3 is 2.20 bits per heavy atom. The van der Waals surface area contributed by atoms with Crippen molar-refractivity contribution in [2.45, 2.75) is 13.8 Å². The van der Waals surface area contributed by atoms with Crippen LogP contribution in [0.1, 0.15) is 13.8 Å². The van der Waals surface area contributed by atoms with E-state index in [0.29, 0.717) is 6.08 Å². The molecule has 0 aromatic carbocycles. The van der Waals surface area contributed by atoms with Crippen LogP contribution < -0.4 is 0 Å². The van der Waals surface area contributed by atoms with Crippen LogP contribution in [0.5, 0.6) is 0 Å². The maximum absolute atomic E-state index is 12.6. The summed E-state index contributed by atoms with van der Waals surface area (Å²) >= 11 is 0. The van der Waals surface area contributed by atoms with E-state index in [4.69, 9.17) is 14.2 Å². The second-order valence-electron chi connectivity index (χ2n) is 2.49. The Kier molecular flexibility index (Phi) is 6.40. The lowest BCUT2D eigenvalue weighted by Gasteiger charge is -2.14. The quantitative estimate of drug-likeness (QED) is 0.545. The molecule has 5 nitrogen and oxygen atoms in total. The Labute approximate surface area is 87.4 Å². The molecule has 0 aromatic rings. The summed E-state index contributed by atoms with van der Waals surface area (Å²) < 4.78 is 33.9. The van der Waals surface area contributed by atoms with Crippen molar-refractivity contribution in [3.63, 3.8) is 0 Å². The highest BCUT2D eigenvalue weighted by molar-refractivity contribution is 7.54. The number of hydrogen-bond donors (Lipinski definition) is 1. The molecule has 0 spiro atoms. The first-order valence-electron chi connectivity index (χ1n) is 4.42. The van der Waals surface area contributed by atoms with Gasteiger partial charge in [0.2, 0.25) is 5.83 Å². The number of carboxylic acid groups (broad SMARTS) is 1. The number of allylic oxidation sites excluding steroid dienone is 1. The fourth-order valence-corrected chi connectivity index (χ4v) is 2.27. The maximum atomic E-state index is 12.6. The van der Waals surface area contributed by atoms with E-state index in [-0.39, 0.29) is 19.4 Å². The summed E-state index contributed by atoms with van der Waals surface area (Å²) in [6.45, 7) is 3.53. The third-order valence-electron chi connectivity index (χ3n) is 1.35. The zero-order valence-corrected chi connectivity index (χ0v) is 9.50. The highest BCUT2D eigenvalue weighted by Crippen LogP contribution is 2.48. The van der Waals surface area contributed by atoms with E-state index < -0.39 is 19.4 Å². The van der Waals surface area contributed by atoms with Crippen molar-refractivity contribution in [3.8, 4) is 0 Å². The largest absolute Gasteiger partial charge is 0.476 e. The van der Waals surface area contributed by atoms with Gasteiger partial charge in [-0.25, -0.2) is 4.79 Å². The third kappa shape index (κ3) is 5.67. The Hall–Kier alpha value is -0.710. The fraction of sp³-hybridized carbons (Fsp3) is 0.625. The van der Waals surface area contributed by atoms with E-state index in [0.717, 1.165) is 0 Å². The molecule has 0 rings (SSSR count). The molecule has 0 aliphatic heterocycles. The van der Waals surface area contributed by atoms with Crippen LogP contribution in [-0.4, -0.2) is 30.5 Å². The molecule has 0 heterocycles. The van der Waals surface area contributed by atoms with E-state index >= 15 is 0 Å². The number of aliphatic carboxylic acids is 1. The summed E-state index contributed by atoms with van der Waals surface area (Å²) in [5.74, 6) is -3.07. The average Bonchev–Trinajstić information content (AvgIpc) is 2.15. The molecule has 0 fully saturated rings. The Morgan fingerprint density at radius 1 is 1.40 bits per heavy atom. The van der Waals surface area contributed by atoms with Crippen LogP contribution >= 0.6 is 7.60 Å². The first-order valence-corrected chi connectivity index (χ1v) is 6.15. The van der Waals surface area contributed by atoms with E-state index in [9.17, 15) is 13.8 Å². The van der Waals surface area contributed by atoms with Gasteiger partial charge >= 0.3 is 13.6 Å². The predicted molar refractivity (Wildman–Crippen MR) is 52.6 cm³/mol. The summed E-state index contributed by atoms with van der Waals surface area (Å²) in [5, 5.41) is 8.22. The maximum Gasteiger partial charge on any atom is 0.364 e. The number of carboxylic acids is 1. The number of halogens is 1. The summed E-state index contributed by atoms with van der Waals surface area (Å²) in [5.41, 5.74) is 0. The minimum Gasteiger partial charge on any atom is -0.476 e. The van der Waals surface area contributed by atoms with E-state index in [1.54, 1.807) is 13.8 Å². The van der Waals surface area contributed by atoms with Crippen molar-refractivity contribution in [1.82, 2.24) is 0 Å². The van der Waals surface area contributed by atoms with Gasteiger partial charge in [0.15, 0.2) is 0 Å². The zero-order chi connectivity index (χ0) is 11.9. The van der Waals surface area contributed by atoms with Gasteiger partial charge in [0.25, 0.3) is 0 Å². The normalized spacial score (nSPS) is 12.9. The second kappa shape index (κ2) is 6.71. The number of carbonyl (C=O) groups is 1. The molecule has 0 saturated carbocycles. The van der Waals surface area contributed by atoms with Crippen molar-refractivity contribution in [2.75, 3.05) is 19.4 Å². The van der Waals surface area contributed by atoms with Crippen molar-refractivity contribution in [3.05, 3.63) is 11.9 Å². The van der Waals surface area contributed by atoms with E-state index in [1.807, 2.05) is 0 Å². The van der Waals surface area contributed by atoms with Crippen molar-refractivity contribution in [2.24, 2.45) is 0 Å². The molecule has 0 aliphatic rings. The third-order valence-corrected chi connectivity index (χ3v) is 3.28. The predicted octanol–water partition coefficient (Wildman–Crippen LogP) is 2.19. The molecular weight excluding hydrogens is 226 g/mol. The van der Waals surface area contributed by atoms with Gasteiger partial charge in [0, 0.05) is 0 Å². The Morgan fingerprint density at radius 2 is 1.87 bits per heavy atom. The van der Waals surface area contributed by atoms with Gasteiger partial charge in [0.05, 0.1) is 19.4 Å². The second-order valence-corrected chi connectivity index (χ2v) is 4.59. The molecule has 0 atom stereocenters. The summed E-state index contributed by atoms with van der Waals surface area (Å²) in [6.07, 6.45) is 0.307. The minimum atomic E-state index is -3.39. The minimum absolute atomic E-state index is 0.153. The first kappa shape index (κ1) is 14.3. The van der Waals surface area contributed by atoms with Crippen LogP contribution in [0.4, 0.5) is 4.39 Å². The van der Waals surface area contributed by atoms with Crippen molar-refractivity contribution < 1.29 is 27.9 Å². The Bertz CT molecular complexity index is 279. The van der Waals surface area contributed by atoms with Gasteiger partial charge in [-0.2, -0.15) is 4.39 Å². The summed E-state index contributed by atoms with van der Waals surface area (Å²) in [7, 11) is -3.39.